The number of aromatic nitrogens is 2. The molecule has 14 rings (SSSR count). The fraction of sp³-hybridized carbons (Fsp3) is 0.136. The van der Waals surface area contributed by atoms with Crippen LogP contribution in [0.4, 0.5) is 34.1 Å². The third-order valence-electron chi connectivity index (χ3n) is 15.6. The van der Waals surface area contributed by atoms with Crippen LogP contribution >= 0.6 is 0 Å². The van der Waals surface area contributed by atoms with Gasteiger partial charge in [-0.1, -0.05) is 143 Å². The van der Waals surface area contributed by atoms with E-state index in [1.807, 2.05) is 12.1 Å². The molecule has 8 heterocycles. The molecule has 8 aromatic rings. The Kier molecular flexibility index (Phi) is 9.52. The number of hydrogen-bond acceptors (Lipinski definition) is 8. The second-order valence-corrected chi connectivity index (χ2v) is 20.8. The number of pyridine rings is 1. The first-order chi connectivity index (χ1) is 40.6. The Morgan fingerprint density at radius 3 is 1.96 bits per heavy atom. The lowest BCUT2D eigenvalue weighted by Crippen LogP contribution is -2.36. The van der Waals surface area contributed by atoms with Crippen molar-refractivity contribution >= 4 is 80.6 Å². The number of nitrogens with zero attached hydrogens (tertiary/aromatic N) is 7. The third-order valence-corrected chi connectivity index (χ3v) is 15.6. The van der Waals surface area contributed by atoms with Crippen LogP contribution in [0, 0.1) is 0 Å². The van der Waals surface area contributed by atoms with Crippen molar-refractivity contribution in [2.45, 2.75) is 45.8 Å². The van der Waals surface area contributed by atoms with Crippen LogP contribution in [0.3, 0.4) is 0 Å². The van der Waals surface area contributed by atoms with Gasteiger partial charge in [-0.15, -0.1) is 0 Å². The van der Waals surface area contributed by atoms with Gasteiger partial charge in [-0.2, -0.15) is 0 Å². The normalized spacial score (nSPS) is 18.4. The van der Waals surface area contributed by atoms with Crippen LogP contribution in [-0.4, -0.2) is 46.5 Å². The molecule has 0 saturated heterocycles. The number of hydrogen-bond donors (Lipinski definition) is 1. The van der Waals surface area contributed by atoms with Crippen LogP contribution in [0.15, 0.2) is 225 Å². The monoisotopic (exact) mass is 1010 g/mol. The number of anilines is 6. The molecule has 1 N–H and O–H groups in total. The Hall–Kier alpha value is -9.08. The highest BCUT2D eigenvalue weighted by Gasteiger charge is 2.38. The molecule has 6 aromatic carbocycles. The largest absolute Gasteiger partial charge is 0.439 e. The van der Waals surface area contributed by atoms with Crippen molar-refractivity contribution in [1.82, 2.24) is 19.2 Å². The number of nitrogens with one attached hydrogen (secondary N) is 1. The maximum Gasteiger partial charge on any atom is 0.320 e. The van der Waals surface area contributed by atoms with Gasteiger partial charge < -0.3 is 38.9 Å². The average Bonchev–Trinajstić information content (AvgIpc) is 1.75. The minimum absolute atomic E-state index is 0.0177. The van der Waals surface area contributed by atoms with Crippen molar-refractivity contribution in [3.05, 3.63) is 247 Å². The van der Waals surface area contributed by atoms with E-state index >= 15 is 0 Å². The maximum atomic E-state index is 9.33. The summed E-state index contributed by atoms with van der Waals surface area (Å²) in [7, 11) is 0. The smallest absolute Gasteiger partial charge is 0.320 e. The van der Waals surface area contributed by atoms with Gasteiger partial charge in [0.25, 0.3) is 0 Å². The molecule has 6 aliphatic rings. The molecule has 9 nitrogen and oxygen atoms in total. The summed E-state index contributed by atoms with van der Waals surface area (Å²) in [6, 6.07) is 37.1. The Morgan fingerprint density at radius 2 is 1.27 bits per heavy atom. The number of ether oxygens (including phenoxy) is 1. The highest BCUT2D eigenvalue weighted by molar-refractivity contribution is 6.83. The van der Waals surface area contributed by atoms with E-state index in [2.05, 4.69) is 205 Å². The van der Waals surface area contributed by atoms with Gasteiger partial charge in [0.2, 0.25) is 5.88 Å². The minimum Gasteiger partial charge on any atom is -0.439 e. The molecule has 1 atom stereocenters. The highest BCUT2D eigenvalue weighted by Crippen LogP contribution is 2.51. The van der Waals surface area contributed by atoms with Crippen molar-refractivity contribution < 1.29 is 14.3 Å². The average molecular weight is 1010 g/mol. The first kappa shape index (κ1) is 39.3. The zero-order valence-corrected chi connectivity index (χ0v) is 43.2. The molecule has 374 valence electrons. The highest BCUT2D eigenvalue weighted by atomic mass is 16.5. The van der Waals surface area contributed by atoms with Crippen LogP contribution in [0.2, 0.25) is 0 Å². The summed E-state index contributed by atoms with van der Waals surface area (Å²) < 4.78 is 71.4. The SMILES string of the molecule is [2H]c1c([2H])c([2H])c2c(c1[2H])c1ccc(Oc3cc(N4CN(c5c(C6=CC=CN7C=CC=CB67)cccc5C5=CC=CN6C=CC=CB56)c5ccccc54)cc(-c4c(C(C)C)cccc4C(C)C)n3)cc1n2C1Nc2ccccc2N1C([2H])([2H])[2H]. The first-order valence-corrected chi connectivity index (χ1v) is 26.5. The van der Waals surface area contributed by atoms with Gasteiger partial charge in [0.05, 0.1) is 56.3 Å². The molecule has 11 heteroatoms. The number of allylic oxidation sites excluding steroid dienone is 8. The van der Waals surface area contributed by atoms with Crippen LogP contribution in [0.25, 0.3) is 44.0 Å². The Labute approximate surface area is 461 Å². The molecule has 0 saturated carbocycles. The summed E-state index contributed by atoms with van der Waals surface area (Å²) >= 11 is 0. The summed E-state index contributed by atoms with van der Waals surface area (Å²) in [6.07, 6.45) is 24.5. The summed E-state index contributed by atoms with van der Waals surface area (Å²) in [6.45, 7) is 6.56. The Bertz CT molecular complexity index is 4230. The van der Waals surface area contributed by atoms with E-state index in [-0.39, 0.29) is 54.6 Å². The molecular weight excluding hydrogens is 942 g/mol. The van der Waals surface area contributed by atoms with E-state index in [0.717, 1.165) is 56.3 Å². The van der Waals surface area contributed by atoms with E-state index in [4.69, 9.17) is 16.6 Å². The summed E-state index contributed by atoms with van der Waals surface area (Å²) in [4.78, 5) is 16.0. The molecule has 0 radical (unpaired) electrons. The molecule has 0 fully saturated rings. The second-order valence-electron chi connectivity index (χ2n) is 20.8. The molecular formula is C66H58B2N8O. The lowest BCUT2D eigenvalue weighted by molar-refractivity contribution is 0.464. The summed E-state index contributed by atoms with van der Waals surface area (Å²) in [5.74, 6) is 5.49. The van der Waals surface area contributed by atoms with Gasteiger partial charge in [-0.05, 0) is 143 Å². The lowest BCUT2D eigenvalue weighted by Gasteiger charge is -2.35. The van der Waals surface area contributed by atoms with Crippen molar-refractivity contribution in [1.29, 1.82) is 0 Å². The van der Waals surface area contributed by atoms with Crippen LogP contribution in [0.1, 0.15) is 77.7 Å². The predicted molar refractivity (Wildman–Crippen MR) is 323 cm³/mol. The molecule has 1 unspecified atom stereocenters. The Balaban J connectivity index is 0.953. The van der Waals surface area contributed by atoms with Crippen molar-refractivity contribution in [2.75, 3.05) is 33.7 Å². The van der Waals surface area contributed by atoms with Crippen molar-refractivity contribution in [3.63, 3.8) is 0 Å². The van der Waals surface area contributed by atoms with Gasteiger partial charge in [0.15, 0.2) is 6.29 Å². The van der Waals surface area contributed by atoms with E-state index in [9.17, 15) is 2.74 Å². The summed E-state index contributed by atoms with van der Waals surface area (Å²) in [5.41, 5.74) is 14.2. The van der Waals surface area contributed by atoms with Gasteiger partial charge in [0, 0.05) is 39.6 Å². The third kappa shape index (κ3) is 7.74. The zero-order valence-electron chi connectivity index (χ0n) is 50.2. The van der Waals surface area contributed by atoms with Gasteiger partial charge >= 0.3 is 13.7 Å². The molecule has 2 aromatic heterocycles. The summed E-state index contributed by atoms with van der Waals surface area (Å²) in [5, 5.41) is 4.17. The fourth-order valence-corrected chi connectivity index (χ4v) is 12.1. The number of para-hydroxylation sites is 6. The van der Waals surface area contributed by atoms with E-state index < -0.39 is 19.3 Å². The molecule has 0 spiro atoms. The van der Waals surface area contributed by atoms with Gasteiger partial charge in [-0.25, -0.2) is 4.98 Å². The number of benzene rings is 6. The maximum absolute atomic E-state index is 9.33. The van der Waals surface area contributed by atoms with E-state index in [1.165, 1.54) is 15.8 Å². The second kappa shape index (κ2) is 18.6. The molecule has 6 aliphatic heterocycles. The van der Waals surface area contributed by atoms with E-state index in [0.29, 0.717) is 40.6 Å². The fourth-order valence-electron chi connectivity index (χ4n) is 12.1. The van der Waals surface area contributed by atoms with Crippen molar-refractivity contribution in [2.24, 2.45) is 0 Å². The standard InChI is InChI=1S/C66H58B2N8O/c1-44(2)48-21-16-22-49(45(3)4)64(48)57-40-46(41-63(69-57)77-47-32-33-51-50-20-6-8-28-58(50)76(62(51)42-47)66-70-56-27-7-9-29-59(56)71(66)5)74-43-75(61-31-11-10-30-60(61)74)65-52(54-25-18-38-72-36-14-12-34-67(54)72)23-17-24-53(65)55-26-19-39-73-37-15-13-35-68(55)73/h6-42,44-45,66,70H,43H2,1-5H3/i5D3,6D,8D,20D,28D. The number of fused-ring (bicyclic) bond motifs is 7. The van der Waals surface area contributed by atoms with Crippen LogP contribution < -0.4 is 24.8 Å². The van der Waals surface area contributed by atoms with E-state index in [1.54, 1.807) is 41.0 Å². The first-order valence-electron chi connectivity index (χ1n) is 30.0. The van der Waals surface area contributed by atoms with Gasteiger partial charge in [-0.3, -0.25) is 0 Å². The quantitative estimate of drug-likeness (QED) is 0.136. The number of rotatable bonds is 10. The lowest BCUT2D eigenvalue weighted by atomic mass is 9.48. The minimum atomic E-state index is -2.66. The predicted octanol–water partition coefficient (Wildman–Crippen LogP) is 15.9. The Morgan fingerprint density at radius 1 is 0.636 bits per heavy atom. The van der Waals surface area contributed by atoms with Crippen LogP contribution in [-0.2, 0) is 0 Å². The molecule has 0 amide bonds. The molecule has 0 bridgehead atoms. The van der Waals surface area contributed by atoms with Gasteiger partial charge in [0.1, 0.15) is 12.4 Å². The zero-order chi connectivity index (χ0) is 57.9. The van der Waals surface area contributed by atoms with Crippen molar-refractivity contribution in [3.8, 4) is 22.9 Å². The topological polar surface area (TPSA) is 55.3 Å². The molecule has 0 aliphatic carbocycles. The molecule has 77 heavy (non-hydrogen) atoms. The van der Waals surface area contributed by atoms with Crippen LogP contribution in [0.5, 0.6) is 11.6 Å².